The molecule has 2 N–H and O–H groups in total. The fourth-order valence-electron chi connectivity index (χ4n) is 3.75. The first-order chi connectivity index (χ1) is 16.6. The summed E-state index contributed by atoms with van der Waals surface area (Å²) >= 11 is -0.283. The van der Waals surface area contributed by atoms with Crippen LogP contribution in [0.15, 0.2) is 78.0 Å². The summed E-state index contributed by atoms with van der Waals surface area (Å²) in [5, 5.41) is 5.43. The van der Waals surface area contributed by atoms with Crippen molar-refractivity contribution in [2.45, 2.75) is 29.3 Å². The zero-order chi connectivity index (χ0) is 25.2. The molecule has 3 aromatic rings. The maximum Gasteiger partial charge on any atom is 0.446 e. The Morgan fingerprint density at radius 2 is 1.77 bits per heavy atom. The SMILES string of the molecule is CC(c1ccncc1NC(=O)c1ccccc1)C1NC(=O)N(c2ccc(SC(F)(F)F)cc2)C1=O. The van der Waals surface area contributed by atoms with Gasteiger partial charge in [-0.1, -0.05) is 25.1 Å². The third-order valence-electron chi connectivity index (χ3n) is 5.43. The fourth-order valence-corrected chi connectivity index (χ4v) is 4.29. The van der Waals surface area contributed by atoms with Gasteiger partial charge in [-0.05, 0) is 59.8 Å². The van der Waals surface area contributed by atoms with Crippen molar-refractivity contribution in [1.82, 2.24) is 10.3 Å². The van der Waals surface area contributed by atoms with Gasteiger partial charge in [0.1, 0.15) is 6.04 Å². The number of alkyl halides is 3. The van der Waals surface area contributed by atoms with Crippen molar-refractivity contribution in [3.8, 4) is 0 Å². The summed E-state index contributed by atoms with van der Waals surface area (Å²) in [7, 11) is 0. The molecule has 1 saturated heterocycles. The van der Waals surface area contributed by atoms with E-state index in [2.05, 4.69) is 15.6 Å². The number of benzene rings is 2. The fraction of sp³-hybridized carbons (Fsp3) is 0.167. The minimum atomic E-state index is -4.44. The van der Waals surface area contributed by atoms with E-state index >= 15 is 0 Å². The highest BCUT2D eigenvalue weighted by Gasteiger charge is 2.43. The van der Waals surface area contributed by atoms with E-state index in [9.17, 15) is 27.6 Å². The van der Waals surface area contributed by atoms with Gasteiger partial charge in [0.2, 0.25) is 0 Å². The third-order valence-corrected chi connectivity index (χ3v) is 6.17. The number of anilines is 2. The molecule has 2 aromatic carbocycles. The van der Waals surface area contributed by atoms with Crippen LogP contribution in [0.4, 0.5) is 29.3 Å². The van der Waals surface area contributed by atoms with Gasteiger partial charge < -0.3 is 10.6 Å². The topological polar surface area (TPSA) is 91.4 Å². The molecule has 35 heavy (non-hydrogen) atoms. The molecule has 1 aliphatic heterocycles. The van der Waals surface area contributed by atoms with Crippen LogP contribution in [-0.4, -0.2) is 34.4 Å². The van der Waals surface area contributed by atoms with Crippen molar-refractivity contribution >= 4 is 41.0 Å². The van der Waals surface area contributed by atoms with Gasteiger partial charge in [-0.3, -0.25) is 14.6 Å². The number of halogens is 3. The largest absolute Gasteiger partial charge is 0.446 e. The lowest BCUT2D eigenvalue weighted by Crippen LogP contribution is -2.35. The highest BCUT2D eigenvalue weighted by Crippen LogP contribution is 2.38. The normalized spacial score (nSPS) is 16.7. The molecule has 2 unspecified atom stereocenters. The number of amides is 4. The summed E-state index contributed by atoms with van der Waals surface area (Å²) < 4.78 is 37.7. The molecule has 1 aromatic heterocycles. The van der Waals surface area contributed by atoms with Crippen molar-refractivity contribution in [2.24, 2.45) is 0 Å². The minimum Gasteiger partial charge on any atom is -0.325 e. The van der Waals surface area contributed by atoms with Crippen LogP contribution >= 0.6 is 11.8 Å². The molecule has 180 valence electrons. The van der Waals surface area contributed by atoms with E-state index in [4.69, 9.17) is 0 Å². The van der Waals surface area contributed by atoms with Crippen LogP contribution < -0.4 is 15.5 Å². The van der Waals surface area contributed by atoms with E-state index in [-0.39, 0.29) is 28.3 Å². The Balaban J connectivity index is 1.53. The van der Waals surface area contributed by atoms with Crippen LogP contribution in [0.25, 0.3) is 0 Å². The lowest BCUT2D eigenvalue weighted by Gasteiger charge is -2.21. The molecule has 0 saturated carbocycles. The Hall–Kier alpha value is -3.86. The molecule has 11 heteroatoms. The van der Waals surface area contributed by atoms with E-state index in [0.717, 1.165) is 4.90 Å². The second-order valence-electron chi connectivity index (χ2n) is 7.71. The molecule has 2 heterocycles. The molecule has 1 aliphatic rings. The highest BCUT2D eigenvalue weighted by atomic mass is 32.2. The average molecular weight is 501 g/mol. The Kier molecular flexibility index (Phi) is 6.79. The summed E-state index contributed by atoms with van der Waals surface area (Å²) in [4.78, 5) is 43.3. The number of urea groups is 1. The molecular weight excluding hydrogens is 481 g/mol. The van der Waals surface area contributed by atoms with E-state index in [0.29, 0.717) is 16.8 Å². The van der Waals surface area contributed by atoms with Crippen molar-refractivity contribution in [3.63, 3.8) is 0 Å². The molecule has 2 atom stereocenters. The molecule has 7 nitrogen and oxygen atoms in total. The second kappa shape index (κ2) is 9.79. The van der Waals surface area contributed by atoms with Crippen LogP contribution in [0.2, 0.25) is 0 Å². The van der Waals surface area contributed by atoms with Crippen LogP contribution in [-0.2, 0) is 4.79 Å². The van der Waals surface area contributed by atoms with E-state index in [1.54, 1.807) is 43.3 Å². The van der Waals surface area contributed by atoms with Crippen molar-refractivity contribution < 1.29 is 27.6 Å². The van der Waals surface area contributed by atoms with Gasteiger partial charge in [0.15, 0.2) is 0 Å². The van der Waals surface area contributed by atoms with Crippen LogP contribution in [0, 0.1) is 0 Å². The number of nitrogens with zero attached hydrogens (tertiary/aromatic N) is 2. The number of carbonyl (C=O) groups excluding carboxylic acids is 3. The minimum absolute atomic E-state index is 0.0613. The van der Waals surface area contributed by atoms with Gasteiger partial charge in [-0.15, -0.1) is 0 Å². The zero-order valence-corrected chi connectivity index (χ0v) is 19.1. The molecule has 0 bridgehead atoms. The number of pyridine rings is 1. The molecule has 0 spiro atoms. The third kappa shape index (κ3) is 5.46. The Bertz CT molecular complexity index is 1250. The first kappa shape index (κ1) is 24.3. The van der Waals surface area contributed by atoms with Crippen LogP contribution in [0.3, 0.4) is 0 Å². The van der Waals surface area contributed by atoms with Gasteiger partial charge in [0.25, 0.3) is 11.8 Å². The molecule has 1 fully saturated rings. The molecule has 4 rings (SSSR count). The maximum atomic E-state index is 13.2. The smallest absolute Gasteiger partial charge is 0.325 e. The Morgan fingerprint density at radius 3 is 2.43 bits per heavy atom. The van der Waals surface area contributed by atoms with Crippen molar-refractivity contribution in [1.29, 1.82) is 0 Å². The van der Waals surface area contributed by atoms with Gasteiger partial charge >= 0.3 is 11.5 Å². The van der Waals surface area contributed by atoms with Gasteiger partial charge in [-0.2, -0.15) is 13.2 Å². The van der Waals surface area contributed by atoms with Crippen LogP contribution in [0.5, 0.6) is 0 Å². The van der Waals surface area contributed by atoms with Crippen molar-refractivity contribution in [3.05, 3.63) is 84.2 Å². The number of aromatic nitrogens is 1. The maximum absolute atomic E-state index is 13.2. The number of imide groups is 1. The number of rotatable bonds is 6. The predicted octanol–water partition coefficient (Wildman–Crippen LogP) is 5.17. The molecular formula is C24H19F3N4O3S. The second-order valence-corrected chi connectivity index (χ2v) is 8.85. The van der Waals surface area contributed by atoms with Gasteiger partial charge in [0.05, 0.1) is 17.6 Å². The van der Waals surface area contributed by atoms with E-state index in [1.165, 1.54) is 36.7 Å². The summed E-state index contributed by atoms with van der Waals surface area (Å²) in [6.45, 7) is 1.73. The first-order valence-corrected chi connectivity index (χ1v) is 11.3. The Morgan fingerprint density at radius 1 is 1.09 bits per heavy atom. The number of hydrogen-bond donors (Lipinski definition) is 2. The van der Waals surface area contributed by atoms with Gasteiger partial charge in [-0.25, -0.2) is 9.69 Å². The molecule has 0 radical (unpaired) electrons. The number of thioether (sulfide) groups is 1. The van der Waals surface area contributed by atoms with E-state index in [1.807, 2.05) is 0 Å². The quantitative estimate of drug-likeness (QED) is 0.360. The summed E-state index contributed by atoms with van der Waals surface area (Å²) in [6, 6.07) is 13.6. The Labute approximate surface area is 202 Å². The molecule has 4 amide bonds. The highest BCUT2D eigenvalue weighted by molar-refractivity contribution is 8.00. The summed E-state index contributed by atoms with van der Waals surface area (Å²) in [5.41, 5.74) is -2.87. The first-order valence-electron chi connectivity index (χ1n) is 10.4. The van der Waals surface area contributed by atoms with E-state index < -0.39 is 29.4 Å². The number of carbonyl (C=O) groups is 3. The summed E-state index contributed by atoms with van der Waals surface area (Å²) in [6.07, 6.45) is 2.97. The van der Waals surface area contributed by atoms with Crippen LogP contribution in [0.1, 0.15) is 28.8 Å². The lowest BCUT2D eigenvalue weighted by molar-refractivity contribution is -0.118. The lowest BCUT2D eigenvalue weighted by atomic mass is 9.92. The number of nitrogens with one attached hydrogen (secondary N) is 2. The van der Waals surface area contributed by atoms with Crippen molar-refractivity contribution in [2.75, 3.05) is 10.2 Å². The number of hydrogen-bond acceptors (Lipinski definition) is 5. The summed E-state index contributed by atoms with van der Waals surface area (Å²) in [5.74, 6) is -1.46. The zero-order valence-electron chi connectivity index (χ0n) is 18.2. The average Bonchev–Trinajstić information content (AvgIpc) is 3.13. The standard InChI is InChI=1S/C24H19F3N4O3S/c1-14(18-11-12-28-13-19(18)29-21(32)15-5-3-2-4-6-15)20-22(33)31(23(34)30-20)16-7-9-17(10-8-16)35-24(25,26)27/h2-14,20H,1H3,(H,29,32)(H,30,34). The van der Waals surface area contributed by atoms with Gasteiger partial charge in [0, 0.05) is 22.6 Å². The monoisotopic (exact) mass is 500 g/mol. The predicted molar refractivity (Wildman–Crippen MR) is 125 cm³/mol. The molecule has 0 aliphatic carbocycles.